The van der Waals surface area contributed by atoms with Crippen LogP contribution < -0.4 is 5.73 Å². The number of nitrogens with zero attached hydrogens (tertiary/aromatic N) is 1. The van der Waals surface area contributed by atoms with Crippen LogP contribution in [-0.4, -0.2) is 4.92 Å². The van der Waals surface area contributed by atoms with Crippen LogP contribution >= 0.6 is 0 Å². The lowest BCUT2D eigenvalue weighted by atomic mass is 10.0. The van der Waals surface area contributed by atoms with Crippen molar-refractivity contribution in [3.05, 3.63) is 38.9 Å². The first-order valence-electron chi connectivity index (χ1n) is 4.01. The number of hydrogen-bond donors (Lipinski definition) is 1. The maximum Gasteiger partial charge on any atom is 0.277 e. The Balaban J connectivity index is 3.41. The zero-order valence-electron chi connectivity index (χ0n) is 7.70. The molecule has 0 spiro atoms. The molecule has 70 valence electrons. The number of nitro groups is 1. The summed E-state index contributed by atoms with van der Waals surface area (Å²) in [5.74, 6) is 0. The van der Waals surface area contributed by atoms with E-state index in [1.165, 1.54) is 0 Å². The average molecular weight is 180 g/mol. The third-order valence-corrected chi connectivity index (χ3v) is 2.19. The summed E-state index contributed by atoms with van der Waals surface area (Å²) < 4.78 is 0. The maximum atomic E-state index is 10.7. The number of benzene rings is 1. The highest BCUT2D eigenvalue weighted by Gasteiger charge is 2.16. The quantitative estimate of drug-likeness (QED) is 0.556. The number of nitrogens with two attached hydrogens (primary N) is 1. The molecule has 2 N–H and O–H groups in total. The van der Waals surface area contributed by atoms with Gasteiger partial charge in [0.2, 0.25) is 0 Å². The van der Waals surface area contributed by atoms with Crippen molar-refractivity contribution in [3.8, 4) is 0 Å². The van der Waals surface area contributed by atoms with Gasteiger partial charge in [0.25, 0.3) is 5.69 Å². The van der Waals surface area contributed by atoms with E-state index < -0.39 is 0 Å². The Bertz CT molecular complexity index is 348. The van der Waals surface area contributed by atoms with Gasteiger partial charge in [-0.2, -0.15) is 0 Å². The van der Waals surface area contributed by atoms with Crippen molar-refractivity contribution in [3.63, 3.8) is 0 Å². The lowest BCUT2D eigenvalue weighted by Crippen LogP contribution is -2.04. The lowest BCUT2D eigenvalue weighted by Gasteiger charge is -2.05. The summed E-state index contributed by atoms with van der Waals surface area (Å²) in [5, 5.41) is 10.7. The zero-order valence-corrected chi connectivity index (χ0v) is 7.70. The van der Waals surface area contributed by atoms with Gasteiger partial charge in [0, 0.05) is 17.7 Å². The molecule has 4 nitrogen and oxygen atoms in total. The summed E-state index contributed by atoms with van der Waals surface area (Å²) in [6.07, 6.45) is 0. The molecule has 0 saturated heterocycles. The highest BCUT2D eigenvalue weighted by atomic mass is 16.6. The number of rotatable bonds is 2. The fourth-order valence-electron chi connectivity index (χ4n) is 1.28. The Morgan fingerprint density at radius 2 is 2.08 bits per heavy atom. The molecule has 1 rings (SSSR count). The third kappa shape index (κ3) is 1.67. The van der Waals surface area contributed by atoms with E-state index in [1.807, 2.05) is 13.0 Å². The predicted octanol–water partition coefficient (Wildman–Crippen LogP) is 1.67. The Morgan fingerprint density at radius 3 is 2.54 bits per heavy atom. The Hall–Kier alpha value is -1.42. The Morgan fingerprint density at radius 1 is 1.46 bits per heavy atom. The van der Waals surface area contributed by atoms with Crippen LogP contribution in [-0.2, 0) is 6.54 Å². The van der Waals surface area contributed by atoms with Gasteiger partial charge >= 0.3 is 0 Å². The lowest BCUT2D eigenvalue weighted by molar-refractivity contribution is -0.386. The highest BCUT2D eigenvalue weighted by Crippen LogP contribution is 2.25. The van der Waals surface area contributed by atoms with Gasteiger partial charge in [-0.05, 0) is 19.4 Å². The molecule has 0 aliphatic heterocycles. The fourth-order valence-corrected chi connectivity index (χ4v) is 1.28. The van der Waals surface area contributed by atoms with Gasteiger partial charge < -0.3 is 5.73 Å². The van der Waals surface area contributed by atoms with Crippen LogP contribution in [0, 0.1) is 24.0 Å². The molecule has 13 heavy (non-hydrogen) atoms. The van der Waals surface area contributed by atoms with Gasteiger partial charge in [-0.1, -0.05) is 12.1 Å². The minimum absolute atomic E-state index is 0.155. The van der Waals surface area contributed by atoms with Crippen LogP contribution in [0.15, 0.2) is 12.1 Å². The first kappa shape index (κ1) is 9.67. The SMILES string of the molecule is Cc1ccc(CN)c([N+](=O)[O-])c1C. The molecule has 1 aromatic rings. The maximum absolute atomic E-state index is 10.7. The summed E-state index contributed by atoms with van der Waals surface area (Å²) in [6, 6.07) is 3.56. The molecule has 0 atom stereocenters. The van der Waals surface area contributed by atoms with Crippen LogP contribution in [0.5, 0.6) is 0 Å². The van der Waals surface area contributed by atoms with Gasteiger partial charge in [0.1, 0.15) is 0 Å². The standard InChI is InChI=1S/C9H12N2O2/c1-6-3-4-8(5-10)9(7(6)2)11(12)13/h3-4H,5,10H2,1-2H3. The second kappa shape index (κ2) is 3.53. The molecule has 0 unspecified atom stereocenters. The molecule has 0 amide bonds. The van der Waals surface area contributed by atoms with Gasteiger partial charge in [-0.15, -0.1) is 0 Å². The molecule has 0 aliphatic carbocycles. The molecule has 0 radical (unpaired) electrons. The van der Waals surface area contributed by atoms with Crippen LogP contribution in [0.3, 0.4) is 0 Å². The van der Waals surface area contributed by atoms with Crippen molar-refractivity contribution >= 4 is 5.69 Å². The van der Waals surface area contributed by atoms with E-state index >= 15 is 0 Å². The van der Waals surface area contributed by atoms with Gasteiger partial charge in [0.15, 0.2) is 0 Å². The van der Waals surface area contributed by atoms with Crippen molar-refractivity contribution in [2.24, 2.45) is 5.73 Å². The van der Waals surface area contributed by atoms with E-state index in [1.54, 1.807) is 13.0 Å². The first-order valence-corrected chi connectivity index (χ1v) is 4.01. The van der Waals surface area contributed by atoms with E-state index in [9.17, 15) is 10.1 Å². The minimum Gasteiger partial charge on any atom is -0.326 e. The van der Waals surface area contributed by atoms with Crippen LogP contribution in [0.25, 0.3) is 0 Å². The summed E-state index contributed by atoms with van der Waals surface area (Å²) in [7, 11) is 0. The topological polar surface area (TPSA) is 69.2 Å². The van der Waals surface area contributed by atoms with Crippen molar-refractivity contribution in [2.45, 2.75) is 20.4 Å². The summed E-state index contributed by atoms with van der Waals surface area (Å²) in [6.45, 7) is 3.80. The zero-order chi connectivity index (χ0) is 10.0. The second-order valence-corrected chi connectivity index (χ2v) is 2.98. The summed E-state index contributed by atoms with van der Waals surface area (Å²) >= 11 is 0. The predicted molar refractivity (Wildman–Crippen MR) is 50.5 cm³/mol. The monoisotopic (exact) mass is 180 g/mol. The van der Waals surface area contributed by atoms with Crippen LogP contribution in [0.1, 0.15) is 16.7 Å². The largest absolute Gasteiger partial charge is 0.326 e. The molecular weight excluding hydrogens is 168 g/mol. The fraction of sp³-hybridized carbons (Fsp3) is 0.333. The molecule has 0 heterocycles. The molecule has 0 aliphatic rings. The molecule has 0 saturated carbocycles. The number of nitro benzene ring substituents is 1. The van der Waals surface area contributed by atoms with E-state index in [2.05, 4.69) is 0 Å². The molecule has 0 fully saturated rings. The van der Waals surface area contributed by atoms with Crippen LogP contribution in [0.4, 0.5) is 5.69 Å². The average Bonchev–Trinajstić information content (AvgIpc) is 2.08. The smallest absolute Gasteiger partial charge is 0.277 e. The number of aryl methyl sites for hydroxylation is 1. The van der Waals surface area contributed by atoms with Crippen LogP contribution in [0.2, 0.25) is 0 Å². The van der Waals surface area contributed by atoms with Crippen molar-refractivity contribution < 1.29 is 4.92 Å². The van der Waals surface area contributed by atoms with Crippen molar-refractivity contribution in [1.29, 1.82) is 0 Å². The molecule has 4 heteroatoms. The van der Waals surface area contributed by atoms with Crippen molar-refractivity contribution in [2.75, 3.05) is 0 Å². The second-order valence-electron chi connectivity index (χ2n) is 2.98. The molecule has 0 aromatic heterocycles. The van der Waals surface area contributed by atoms with Gasteiger partial charge in [-0.25, -0.2) is 0 Å². The van der Waals surface area contributed by atoms with Gasteiger partial charge in [0.05, 0.1) is 4.92 Å². The van der Waals surface area contributed by atoms with Gasteiger partial charge in [-0.3, -0.25) is 10.1 Å². The molecule has 0 bridgehead atoms. The number of hydrogen-bond acceptors (Lipinski definition) is 3. The van der Waals surface area contributed by atoms with Crippen molar-refractivity contribution in [1.82, 2.24) is 0 Å². The van der Waals surface area contributed by atoms with E-state index in [-0.39, 0.29) is 17.2 Å². The summed E-state index contributed by atoms with van der Waals surface area (Å²) in [5.41, 5.74) is 7.77. The van der Waals surface area contributed by atoms with E-state index in [4.69, 9.17) is 5.73 Å². The molecular formula is C9H12N2O2. The molecule has 1 aromatic carbocycles. The highest BCUT2D eigenvalue weighted by molar-refractivity contribution is 5.50. The van der Waals surface area contributed by atoms with E-state index in [0.29, 0.717) is 11.1 Å². The third-order valence-electron chi connectivity index (χ3n) is 2.19. The van der Waals surface area contributed by atoms with E-state index in [0.717, 1.165) is 5.56 Å². The summed E-state index contributed by atoms with van der Waals surface area (Å²) in [4.78, 5) is 10.3. The first-order chi connectivity index (χ1) is 6.07. The normalized spacial score (nSPS) is 10.1. The Kier molecular flexibility index (Phi) is 2.63. The minimum atomic E-state index is -0.371. The Labute approximate surface area is 76.5 Å².